The standard InChI is InChI=1S/C7H11N2.Lr/c1-6(2)3-7-4-8-9-5-7;/h3-6H,1-2H3,(H,8,9);/q-1;. The van der Waals surface area contributed by atoms with Gasteiger partial charge in [-0.15, -0.1) is 0 Å². The second-order valence-corrected chi connectivity index (χ2v) is 2.44. The fraction of sp³-hybridized carbons (Fsp3) is 0.429. The van der Waals surface area contributed by atoms with Gasteiger partial charge in [0.1, 0.15) is 0 Å². The molecule has 0 aliphatic carbocycles. The van der Waals surface area contributed by atoms with Crippen LogP contribution >= 0.6 is 0 Å². The molecule has 0 spiro atoms. The third-order valence-corrected chi connectivity index (χ3v) is 1.05. The van der Waals surface area contributed by atoms with Crippen molar-refractivity contribution in [1.82, 2.24) is 10.2 Å². The number of H-pyrrole nitrogens is 1. The minimum Gasteiger partial charge on any atom is -0.351 e. The molecule has 2 nitrogen and oxygen atoms in total. The van der Waals surface area contributed by atoms with E-state index >= 15 is 0 Å². The van der Waals surface area contributed by atoms with Crippen molar-refractivity contribution < 1.29 is 0 Å². The Labute approximate surface area is 55.3 Å². The van der Waals surface area contributed by atoms with Crippen LogP contribution < -0.4 is 0 Å². The van der Waals surface area contributed by atoms with Gasteiger partial charge < -0.3 is 5.10 Å². The molecule has 3 heteroatoms. The first kappa shape index (κ1) is 8.08. The molecule has 0 amide bonds. The average Bonchev–Trinajstić information content (AvgIpc) is 2.15. The second-order valence-electron chi connectivity index (χ2n) is 2.44. The quantitative estimate of drug-likeness (QED) is 0.771. The Balaban J connectivity index is 0.000000810. The summed E-state index contributed by atoms with van der Waals surface area (Å²) in [6.07, 6.45) is 5.86. The molecule has 1 heterocycles. The molecule has 1 N–H and O–H groups in total. The largest absolute Gasteiger partial charge is 0.351 e. The Morgan fingerprint density at radius 3 is 2.70 bits per heavy atom. The van der Waals surface area contributed by atoms with Crippen LogP contribution in [0.25, 0.3) is 0 Å². The number of hydrogen-bond donors (Lipinski definition) is 1. The Hall–Kier alpha value is -1.92. The zero-order valence-electron chi connectivity index (χ0n) is 6.01. The van der Waals surface area contributed by atoms with E-state index < -0.39 is 0 Å². The predicted octanol–water partition coefficient (Wildman–Crippen LogP) is 1.62. The fourth-order valence-corrected chi connectivity index (χ4v) is 0.737. The van der Waals surface area contributed by atoms with Crippen LogP contribution in [-0.2, 0) is 0 Å². The Morgan fingerprint density at radius 1 is 1.60 bits per heavy atom. The number of rotatable bonds is 2. The van der Waals surface area contributed by atoms with Crippen LogP contribution in [0.2, 0.25) is 0 Å². The van der Waals surface area contributed by atoms with Gasteiger partial charge in [0.15, 0.2) is 0 Å². The van der Waals surface area contributed by atoms with Crippen molar-refractivity contribution >= 4 is 0 Å². The molecular weight excluding hydrogens is 374 g/mol. The molecule has 1 radical (unpaired) electrons. The summed E-state index contributed by atoms with van der Waals surface area (Å²) in [6.45, 7) is 4.29. The van der Waals surface area contributed by atoms with Gasteiger partial charge >= 0.3 is 0 Å². The average molecular weight is 385 g/mol. The van der Waals surface area contributed by atoms with Gasteiger partial charge in [0.25, 0.3) is 0 Å². The third-order valence-electron chi connectivity index (χ3n) is 1.05. The normalized spacial score (nSPS) is 9.10. The number of nitrogens with zero attached hydrogens (tertiary/aromatic N) is 1. The van der Waals surface area contributed by atoms with Crippen LogP contribution in [0.5, 0.6) is 0 Å². The maximum absolute atomic E-state index is 3.82. The molecule has 0 aliphatic heterocycles. The van der Waals surface area contributed by atoms with Crippen LogP contribution in [0, 0.1) is 12.3 Å². The summed E-state index contributed by atoms with van der Waals surface area (Å²) in [5, 5.41) is 6.57. The molecule has 0 aromatic carbocycles. The topological polar surface area (TPSA) is 28.7 Å². The van der Waals surface area contributed by atoms with Gasteiger partial charge in [-0.2, -0.15) is 12.0 Å². The number of aromatic nitrogens is 2. The Kier molecular flexibility index (Phi) is 2.56. The zero-order chi connectivity index (χ0) is 6.69. The zero-order valence-corrected chi connectivity index (χ0v) is 8.16. The van der Waals surface area contributed by atoms with E-state index in [1.807, 2.05) is 12.4 Å². The van der Waals surface area contributed by atoms with Crippen LogP contribution in [0.4, 0.5) is 0 Å². The SMILES string of the molecule is CC(C)[CH-]c1cn[nH]c1.[Lr]. The molecule has 10 heavy (non-hydrogen) atoms. The first-order valence-electron chi connectivity index (χ1n) is 3.12. The van der Waals surface area contributed by atoms with Crippen molar-refractivity contribution in [3.05, 3.63) is 24.4 Å². The summed E-state index contributed by atoms with van der Waals surface area (Å²) in [6, 6.07) is 0. The smallest absolute Gasteiger partial charge is 0 e. The molecule has 0 saturated heterocycles. The van der Waals surface area contributed by atoms with Gasteiger partial charge in [-0.3, -0.25) is 5.10 Å². The molecule has 1 rings (SSSR count). The second kappa shape index (κ2) is 3.17. The molecule has 0 aliphatic rings. The van der Waals surface area contributed by atoms with Gasteiger partial charge in [0.2, 0.25) is 0 Å². The third kappa shape index (κ3) is 1.90. The molecule has 0 atom stereocenters. The number of aromatic amines is 1. The predicted molar refractivity (Wildman–Crippen MR) is 36.8 cm³/mol. The van der Waals surface area contributed by atoms with E-state index in [0.29, 0.717) is 5.92 Å². The summed E-state index contributed by atoms with van der Waals surface area (Å²) in [4.78, 5) is 0. The molecular formula is C7H11LrN2-. The van der Waals surface area contributed by atoms with Crippen LogP contribution in [0.15, 0.2) is 12.4 Å². The van der Waals surface area contributed by atoms with E-state index in [2.05, 4.69) is 30.5 Å². The molecule has 0 saturated carbocycles. The van der Waals surface area contributed by atoms with E-state index in [1.54, 1.807) is 0 Å². The van der Waals surface area contributed by atoms with E-state index in [1.165, 1.54) is 5.56 Å². The van der Waals surface area contributed by atoms with E-state index in [0.717, 1.165) is 0 Å². The molecule has 65 valence electrons. The van der Waals surface area contributed by atoms with Crippen molar-refractivity contribution in [1.29, 1.82) is 0 Å². The Bertz CT molecular complexity index is 158. The van der Waals surface area contributed by atoms with Gasteiger partial charge in [0, 0.05) is 0 Å². The summed E-state index contributed by atoms with van der Waals surface area (Å²) >= 11 is 0. The first-order chi connectivity index (χ1) is 4.29. The van der Waals surface area contributed by atoms with Crippen LogP contribution in [0.3, 0.4) is 0 Å². The summed E-state index contributed by atoms with van der Waals surface area (Å²) < 4.78 is 0. The van der Waals surface area contributed by atoms with Crippen LogP contribution in [-0.4, -0.2) is 10.2 Å². The van der Waals surface area contributed by atoms with E-state index in [4.69, 9.17) is 0 Å². The number of nitrogens with one attached hydrogen (secondary N) is 1. The minimum atomic E-state index is 0. The van der Waals surface area contributed by atoms with Gasteiger partial charge in [0.05, 0.1) is 0 Å². The van der Waals surface area contributed by atoms with Gasteiger partial charge in [-0.05, 0) is 0 Å². The molecule has 0 fully saturated rings. The van der Waals surface area contributed by atoms with Crippen molar-refractivity contribution in [2.24, 2.45) is 5.92 Å². The molecule has 1 aromatic rings. The Morgan fingerprint density at radius 2 is 2.30 bits per heavy atom. The summed E-state index contributed by atoms with van der Waals surface area (Å²) in [5.74, 6) is 0.600. The van der Waals surface area contributed by atoms with Crippen molar-refractivity contribution in [2.75, 3.05) is 0 Å². The summed E-state index contributed by atoms with van der Waals surface area (Å²) in [5.41, 5.74) is 1.17. The van der Waals surface area contributed by atoms with Crippen molar-refractivity contribution in [2.45, 2.75) is 13.8 Å². The molecule has 1 aromatic heterocycles. The van der Waals surface area contributed by atoms with Gasteiger partial charge in [-0.25, -0.2) is 0 Å². The minimum absolute atomic E-state index is 0. The maximum atomic E-state index is 3.82. The maximum Gasteiger partial charge on any atom is 0 e. The summed E-state index contributed by atoms with van der Waals surface area (Å²) in [7, 11) is 0. The fourth-order valence-electron chi connectivity index (χ4n) is 0.737. The first-order valence-corrected chi connectivity index (χ1v) is 3.12. The van der Waals surface area contributed by atoms with Crippen molar-refractivity contribution in [3.63, 3.8) is 0 Å². The monoisotopic (exact) mass is 385 g/mol. The van der Waals surface area contributed by atoms with Crippen molar-refractivity contribution in [3.8, 4) is 0 Å². The molecule has 0 bridgehead atoms. The molecule has 0 unspecified atom stereocenters. The number of hydrogen-bond acceptors (Lipinski definition) is 1. The van der Waals surface area contributed by atoms with Crippen LogP contribution in [0.1, 0.15) is 19.4 Å². The van der Waals surface area contributed by atoms with E-state index in [-0.39, 0.29) is 0 Å². The van der Waals surface area contributed by atoms with E-state index in [9.17, 15) is 0 Å². The van der Waals surface area contributed by atoms with Gasteiger partial charge in [-0.1, -0.05) is 32.2 Å².